The number of nitrogens with one attached hydrogen (secondary N) is 2. The van der Waals surface area contributed by atoms with Crippen LogP contribution in [-0.2, 0) is 0 Å². The van der Waals surface area contributed by atoms with Gasteiger partial charge in [0, 0.05) is 19.2 Å². The van der Waals surface area contributed by atoms with E-state index in [0.29, 0.717) is 29.8 Å². The van der Waals surface area contributed by atoms with Gasteiger partial charge >= 0.3 is 0 Å². The number of anilines is 3. The van der Waals surface area contributed by atoms with Gasteiger partial charge in [0.15, 0.2) is 0 Å². The largest absolute Gasteiger partial charge is 0.497 e. The molecule has 0 spiro atoms. The van der Waals surface area contributed by atoms with E-state index in [1.54, 1.807) is 25.6 Å². The summed E-state index contributed by atoms with van der Waals surface area (Å²) in [6.45, 7) is 4.91. The molecule has 3 N–H and O–H groups in total. The number of rotatable bonds is 11. The lowest BCUT2D eigenvalue weighted by Gasteiger charge is -2.17. The minimum atomic E-state index is 0.176. The second-order valence-corrected chi connectivity index (χ2v) is 9.24. The number of aromatic nitrogens is 3. The fourth-order valence-electron chi connectivity index (χ4n) is 3.83. The molecule has 1 unspecified atom stereocenters. The molecule has 2 aromatic heterocycles. The highest BCUT2D eigenvalue weighted by Crippen LogP contribution is 2.37. The third-order valence-corrected chi connectivity index (χ3v) is 6.99. The highest BCUT2D eigenvalue weighted by Gasteiger charge is 2.19. The van der Waals surface area contributed by atoms with Crippen molar-refractivity contribution in [3.05, 3.63) is 48.2 Å². The monoisotopic (exact) mass is 493 g/mol. The summed E-state index contributed by atoms with van der Waals surface area (Å²) < 4.78 is 11.9. The molecule has 0 bridgehead atoms. The number of aliphatic hydroxyl groups excluding tert-OH is 1. The number of fused-ring (bicyclic) bond motifs is 1. The molecule has 4 aromatic rings. The molecule has 0 aliphatic rings. The Bertz CT molecular complexity index is 1260. The van der Waals surface area contributed by atoms with Crippen molar-refractivity contribution in [2.45, 2.75) is 26.7 Å². The van der Waals surface area contributed by atoms with Crippen LogP contribution in [-0.4, -0.2) is 47.4 Å². The van der Waals surface area contributed by atoms with Gasteiger partial charge in [-0.25, -0.2) is 9.97 Å². The van der Waals surface area contributed by atoms with Crippen molar-refractivity contribution in [3.63, 3.8) is 0 Å². The zero-order valence-corrected chi connectivity index (χ0v) is 21.3. The smallest absolute Gasteiger partial charge is 0.229 e. The van der Waals surface area contributed by atoms with E-state index in [2.05, 4.69) is 23.6 Å². The number of methoxy groups -OCH3 is 2. The Balaban J connectivity index is 1.71. The van der Waals surface area contributed by atoms with E-state index in [4.69, 9.17) is 24.4 Å². The van der Waals surface area contributed by atoms with Crippen LogP contribution in [0.15, 0.2) is 42.5 Å². The maximum absolute atomic E-state index is 9.58. The van der Waals surface area contributed by atoms with Crippen molar-refractivity contribution < 1.29 is 14.6 Å². The minimum absolute atomic E-state index is 0.176. The quantitative estimate of drug-likeness (QED) is 0.247. The molecule has 2 aromatic carbocycles. The van der Waals surface area contributed by atoms with Crippen LogP contribution in [0.2, 0.25) is 0 Å². The number of ether oxygens (including phenoxy) is 2. The molecule has 8 nitrogen and oxygen atoms in total. The average Bonchev–Trinajstić information content (AvgIpc) is 3.30. The number of hydrogen-bond acceptors (Lipinski definition) is 9. The van der Waals surface area contributed by atoms with Gasteiger partial charge in [0.05, 0.1) is 41.4 Å². The summed E-state index contributed by atoms with van der Waals surface area (Å²) in [6, 6.07) is 13.6. The molecular weight excluding hydrogens is 462 g/mol. The Morgan fingerprint density at radius 2 is 1.89 bits per heavy atom. The van der Waals surface area contributed by atoms with Gasteiger partial charge in [-0.1, -0.05) is 25.5 Å². The lowest BCUT2D eigenvalue weighted by molar-refractivity contribution is 0.217. The highest BCUT2D eigenvalue weighted by molar-refractivity contribution is 7.21. The number of nitrogens with zero attached hydrogens (tertiary/aromatic N) is 3. The first kappa shape index (κ1) is 24.7. The molecule has 35 heavy (non-hydrogen) atoms. The lowest BCUT2D eigenvalue weighted by atomic mass is 10.0. The number of para-hydroxylation sites is 1. The van der Waals surface area contributed by atoms with Crippen LogP contribution in [0.4, 0.5) is 17.5 Å². The molecule has 0 aliphatic heterocycles. The number of hydrogen-bond donors (Lipinski definition) is 3. The van der Waals surface area contributed by atoms with Crippen molar-refractivity contribution in [1.82, 2.24) is 15.0 Å². The predicted molar refractivity (Wildman–Crippen MR) is 142 cm³/mol. The number of benzene rings is 2. The Labute approximate surface area is 209 Å². The molecular formula is C26H31N5O3S. The number of aliphatic hydroxyl groups is 1. The van der Waals surface area contributed by atoms with Crippen molar-refractivity contribution in [2.75, 3.05) is 38.0 Å². The number of aryl methyl sites for hydroxylation is 1. The summed E-state index contributed by atoms with van der Waals surface area (Å²) in [4.78, 5) is 14.4. The van der Waals surface area contributed by atoms with E-state index in [9.17, 15) is 5.11 Å². The molecule has 9 heteroatoms. The van der Waals surface area contributed by atoms with Gasteiger partial charge in [0.1, 0.15) is 22.3 Å². The van der Waals surface area contributed by atoms with E-state index >= 15 is 0 Å². The summed E-state index contributed by atoms with van der Waals surface area (Å²) in [5.74, 6) is 2.74. The molecule has 4 rings (SSSR count). The van der Waals surface area contributed by atoms with Gasteiger partial charge in [0.2, 0.25) is 5.95 Å². The average molecular weight is 494 g/mol. The molecule has 1 atom stereocenters. The van der Waals surface area contributed by atoms with Crippen molar-refractivity contribution in [1.29, 1.82) is 0 Å². The standard InChI is InChI=1S/C26H31N5O3S/c1-5-17(15-32)12-13-27-24-23(25-29-20-8-6-7-9-22(20)35-25)16(2)28-26(31-24)30-19-11-10-18(33-3)14-21(19)34-4/h6-11,14,17,32H,5,12-13,15H2,1-4H3,(H2,27,28,30,31). The van der Waals surface area contributed by atoms with Crippen LogP contribution in [0.5, 0.6) is 11.5 Å². The van der Waals surface area contributed by atoms with Gasteiger partial charge in [-0.15, -0.1) is 11.3 Å². The first-order valence-corrected chi connectivity index (χ1v) is 12.5. The van der Waals surface area contributed by atoms with Gasteiger partial charge in [-0.3, -0.25) is 0 Å². The molecule has 0 saturated heterocycles. The topological polar surface area (TPSA) is 101 Å². The van der Waals surface area contributed by atoms with Gasteiger partial charge < -0.3 is 25.2 Å². The third-order valence-electron chi connectivity index (χ3n) is 5.93. The van der Waals surface area contributed by atoms with Crippen molar-refractivity contribution in [2.24, 2.45) is 5.92 Å². The Kier molecular flexibility index (Phi) is 7.99. The van der Waals surface area contributed by atoms with Crippen LogP contribution in [0, 0.1) is 12.8 Å². The maximum atomic E-state index is 9.58. The van der Waals surface area contributed by atoms with Crippen LogP contribution in [0.3, 0.4) is 0 Å². The normalized spacial score (nSPS) is 11.9. The van der Waals surface area contributed by atoms with E-state index in [1.165, 1.54) is 0 Å². The molecule has 0 radical (unpaired) electrons. The van der Waals surface area contributed by atoms with Crippen LogP contribution in [0.1, 0.15) is 25.5 Å². The predicted octanol–water partition coefficient (Wildman–Crippen LogP) is 5.64. The lowest BCUT2D eigenvalue weighted by Crippen LogP contribution is -2.14. The second-order valence-electron chi connectivity index (χ2n) is 8.21. The summed E-state index contributed by atoms with van der Waals surface area (Å²) in [7, 11) is 3.23. The Morgan fingerprint density at radius 1 is 1.06 bits per heavy atom. The zero-order chi connectivity index (χ0) is 24.8. The summed E-state index contributed by atoms with van der Waals surface area (Å²) >= 11 is 1.62. The zero-order valence-electron chi connectivity index (χ0n) is 20.5. The second kappa shape index (κ2) is 11.3. The van der Waals surface area contributed by atoms with Crippen molar-refractivity contribution >= 4 is 39.0 Å². The summed E-state index contributed by atoms with van der Waals surface area (Å²) in [6.07, 6.45) is 1.76. The van der Waals surface area contributed by atoms with Gasteiger partial charge in [-0.2, -0.15) is 4.98 Å². The van der Waals surface area contributed by atoms with E-state index < -0.39 is 0 Å². The fraction of sp³-hybridized carbons (Fsp3) is 0.346. The molecule has 0 amide bonds. The SMILES string of the molecule is CCC(CO)CCNc1nc(Nc2ccc(OC)cc2OC)nc(C)c1-c1nc2ccccc2s1. The Hall–Kier alpha value is -3.43. The van der Waals surface area contributed by atoms with E-state index in [-0.39, 0.29) is 12.5 Å². The fourth-order valence-corrected chi connectivity index (χ4v) is 4.90. The van der Waals surface area contributed by atoms with E-state index in [0.717, 1.165) is 45.0 Å². The molecule has 0 fully saturated rings. The van der Waals surface area contributed by atoms with Gasteiger partial charge in [-0.05, 0) is 43.5 Å². The maximum Gasteiger partial charge on any atom is 0.229 e. The summed E-state index contributed by atoms with van der Waals surface area (Å²) in [5.41, 5.74) is 3.38. The minimum Gasteiger partial charge on any atom is -0.497 e. The number of thiazole rings is 1. The first-order valence-electron chi connectivity index (χ1n) is 11.6. The van der Waals surface area contributed by atoms with Crippen molar-refractivity contribution in [3.8, 4) is 22.1 Å². The van der Waals surface area contributed by atoms with Crippen LogP contribution in [0.25, 0.3) is 20.8 Å². The third kappa shape index (κ3) is 5.63. The Morgan fingerprint density at radius 3 is 2.60 bits per heavy atom. The summed E-state index contributed by atoms with van der Waals surface area (Å²) in [5, 5.41) is 17.2. The first-order chi connectivity index (χ1) is 17.1. The highest BCUT2D eigenvalue weighted by atomic mass is 32.1. The van der Waals surface area contributed by atoms with Gasteiger partial charge in [0.25, 0.3) is 0 Å². The van der Waals surface area contributed by atoms with Crippen LogP contribution >= 0.6 is 11.3 Å². The molecule has 2 heterocycles. The van der Waals surface area contributed by atoms with E-state index in [1.807, 2.05) is 43.3 Å². The molecule has 184 valence electrons. The van der Waals surface area contributed by atoms with Crippen LogP contribution < -0.4 is 20.1 Å². The molecule has 0 aliphatic carbocycles. The molecule has 0 saturated carbocycles.